The van der Waals surface area contributed by atoms with Gasteiger partial charge in [0, 0.05) is 18.5 Å². The van der Waals surface area contributed by atoms with E-state index in [4.69, 9.17) is 0 Å². The predicted molar refractivity (Wildman–Crippen MR) is 90.8 cm³/mol. The van der Waals surface area contributed by atoms with Gasteiger partial charge in [-0.25, -0.2) is 0 Å². The normalized spacial score (nSPS) is 19.4. The van der Waals surface area contributed by atoms with Crippen molar-refractivity contribution in [3.63, 3.8) is 0 Å². The van der Waals surface area contributed by atoms with Gasteiger partial charge in [-0.3, -0.25) is 0 Å². The first-order valence-electron chi connectivity index (χ1n) is 7.83. The molecule has 0 saturated carbocycles. The molecule has 0 aromatic heterocycles. The fourth-order valence-corrected chi connectivity index (χ4v) is 3.49. The maximum atomic E-state index is 4.56. The van der Waals surface area contributed by atoms with Crippen LogP contribution in [0.1, 0.15) is 31.2 Å². The van der Waals surface area contributed by atoms with Gasteiger partial charge in [0.1, 0.15) is 0 Å². The van der Waals surface area contributed by atoms with Crippen LogP contribution in [-0.2, 0) is 0 Å². The molecule has 1 fully saturated rings. The smallest absolute Gasteiger partial charge is 0.0117 e. The number of piperidine rings is 1. The molecule has 0 N–H and O–H groups in total. The molecular formula is C17H28N2S. The van der Waals surface area contributed by atoms with Crippen molar-refractivity contribution in [2.45, 2.75) is 31.7 Å². The highest BCUT2D eigenvalue weighted by Crippen LogP contribution is 2.22. The molecule has 1 saturated heterocycles. The summed E-state index contributed by atoms with van der Waals surface area (Å²) >= 11 is 4.56. The Labute approximate surface area is 129 Å². The maximum absolute atomic E-state index is 4.56. The molecule has 1 atom stereocenters. The van der Waals surface area contributed by atoms with Crippen LogP contribution in [0.3, 0.4) is 0 Å². The van der Waals surface area contributed by atoms with Crippen LogP contribution < -0.4 is 0 Å². The average Bonchev–Trinajstić information content (AvgIpc) is 2.53. The molecular weight excluding hydrogens is 264 g/mol. The van der Waals surface area contributed by atoms with Gasteiger partial charge in [0.2, 0.25) is 0 Å². The molecule has 1 aliphatic rings. The van der Waals surface area contributed by atoms with Crippen LogP contribution in [0.15, 0.2) is 30.3 Å². The summed E-state index contributed by atoms with van der Waals surface area (Å²) in [5.74, 6) is 1.45. The Kier molecular flexibility index (Phi) is 6.40. The molecule has 20 heavy (non-hydrogen) atoms. The number of rotatable bonds is 6. The van der Waals surface area contributed by atoms with Crippen LogP contribution in [0, 0.1) is 0 Å². The van der Waals surface area contributed by atoms with Crippen molar-refractivity contribution < 1.29 is 0 Å². The monoisotopic (exact) mass is 292 g/mol. The minimum Gasteiger partial charge on any atom is -0.303 e. The summed E-state index contributed by atoms with van der Waals surface area (Å²) in [5.41, 5.74) is 1.42. The highest BCUT2D eigenvalue weighted by molar-refractivity contribution is 7.80. The molecule has 2 rings (SSSR count). The van der Waals surface area contributed by atoms with Gasteiger partial charge < -0.3 is 9.80 Å². The van der Waals surface area contributed by atoms with Crippen LogP contribution >= 0.6 is 12.6 Å². The van der Waals surface area contributed by atoms with E-state index in [2.05, 4.69) is 66.7 Å². The average molecular weight is 292 g/mol. The molecule has 3 heteroatoms. The molecule has 0 aliphatic carbocycles. The zero-order chi connectivity index (χ0) is 14.4. The lowest BCUT2D eigenvalue weighted by molar-refractivity contribution is 0.128. The van der Waals surface area contributed by atoms with E-state index in [0.717, 1.165) is 18.3 Å². The second kappa shape index (κ2) is 8.06. The number of nitrogens with zero attached hydrogens (tertiary/aromatic N) is 2. The first kappa shape index (κ1) is 15.9. The van der Waals surface area contributed by atoms with E-state index in [9.17, 15) is 0 Å². The highest BCUT2D eigenvalue weighted by atomic mass is 32.1. The third-order valence-corrected chi connectivity index (χ3v) is 5.07. The first-order valence-corrected chi connectivity index (χ1v) is 8.46. The van der Waals surface area contributed by atoms with Crippen LogP contribution in [0.25, 0.3) is 0 Å². The molecule has 0 spiro atoms. The molecule has 2 nitrogen and oxygen atoms in total. The van der Waals surface area contributed by atoms with Crippen molar-refractivity contribution in [1.29, 1.82) is 0 Å². The van der Waals surface area contributed by atoms with Gasteiger partial charge in [0.25, 0.3) is 0 Å². The van der Waals surface area contributed by atoms with Crippen molar-refractivity contribution in [2.75, 3.05) is 39.0 Å². The summed E-state index contributed by atoms with van der Waals surface area (Å²) in [6, 6.07) is 11.5. The fraction of sp³-hybridized carbons (Fsp3) is 0.647. The first-order chi connectivity index (χ1) is 9.74. The molecule has 1 aromatic rings. The lowest BCUT2D eigenvalue weighted by Gasteiger charge is -2.37. The summed E-state index contributed by atoms with van der Waals surface area (Å²) in [5, 5.41) is 0. The van der Waals surface area contributed by atoms with Crippen LogP contribution in [0.4, 0.5) is 0 Å². The second-order valence-corrected chi connectivity index (χ2v) is 6.26. The van der Waals surface area contributed by atoms with Gasteiger partial charge in [-0.2, -0.15) is 12.6 Å². The SMILES string of the molecule is CCN1CCC(N(C)CC(CS)c2ccccc2)CC1. The van der Waals surface area contributed by atoms with E-state index < -0.39 is 0 Å². The van der Waals surface area contributed by atoms with E-state index in [1.165, 1.54) is 38.0 Å². The third-order valence-electron chi connectivity index (χ3n) is 4.63. The van der Waals surface area contributed by atoms with Gasteiger partial charge in [0.05, 0.1) is 0 Å². The number of likely N-dealkylation sites (N-methyl/N-ethyl adjacent to an activating group) is 1. The summed E-state index contributed by atoms with van der Waals surface area (Å²) in [6.07, 6.45) is 2.61. The van der Waals surface area contributed by atoms with Crippen molar-refractivity contribution in [3.05, 3.63) is 35.9 Å². The number of thiol groups is 1. The molecule has 0 amide bonds. The summed E-state index contributed by atoms with van der Waals surface area (Å²) in [7, 11) is 2.28. The zero-order valence-electron chi connectivity index (χ0n) is 12.8. The van der Waals surface area contributed by atoms with Crippen LogP contribution in [0.2, 0.25) is 0 Å². The predicted octanol–water partition coefficient (Wildman–Crippen LogP) is 3.12. The maximum Gasteiger partial charge on any atom is 0.0117 e. The Morgan fingerprint density at radius 1 is 1.25 bits per heavy atom. The summed E-state index contributed by atoms with van der Waals surface area (Å²) in [4.78, 5) is 5.11. The standard InChI is InChI=1S/C17H28N2S/c1-3-19-11-9-17(10-12-19)18(2)13-16(14-20)15-7-5-4-6-8-15/h4-8,16-17,20H,3,9-14H2,1-2H3. The molecule has 112 valence electrons. The van der Waals surface area contributed by atoms with Gasteiger partial charge in [0.15, 0.2) is 0 Å². The quantitative estimate of drug-likeness (QED) is 0.805. The van der Waals surface area contributed by atoms with Crippen molar-refractivity contribution in [1.82, 2.24) is 9.80 Å². The van der Waals surface area contributed by atoms with E-state index in [1.54, 1.807) is 0 Å². The summed E-state index contributed by atoms with van der Waals surface area (Å²) < 4.78 is 0. The minimum absolute atomic E-state index is 0.536. The van der Waals surface area contributed by atoms with Gasteiger partial charge >= 0.3 is 0 Å². The van der Waals surface area contributed by atoms with Crippen molar-refractivity contribution in [2.24, 2.45) is 0 Å². The Morgan fingerprint density at radius 3 is 2.45 bits per heavy atom. The van der Waals surface area contributed by atoms with Crippen molar-refractivity contribution >= 4 is 12.6 Å². The zero-order valence-corrected chi connectivity index (χ0v) is 13.7. The fourth-order valence-electron chi connectivity index (χ4n) is 3.17. The highest BCUT2D eigenvalue weighted by Gasteiger charge is 2.23. The Morgan fingerprint density at radius 2 is 1.90 bits per heavy atom. The lowest BCUT2D eigenvalue weighted by atomic mass is 9.98. The van der Waals surface area contributed by atoms with Crippen molar-refractivity contribution in [3.8, 4) is 0 Å². The molecule has 1 unspecified atom stereocenters. The third kappa shape index (κ3) is 4.24. The Bertz CT molecular complexity index is 374. The van der Waals surface area contributed by atoms with E-state index in [1.807, 2.05) is 0 Å². The number of hydrogen-bond acceptors (Lipinski definition) is 3. The largest absolute Gasteiger partial charge is 0.303 e. The second-order valence-electron chi connectivity index (χ2n) is 5.90. The Balaban J connectivity index is 1.88. The number of likely N-dealkylation sites (tertiary alicyclic amines) is 1. The van der Waals surface area contributed by atoms with Gasteiger partial charge in [-0.1, -0.05) is 37.3 Å². The van der Waals surface area contributed by atoms with Crippen LogP contribution in [0.5, 0.6) is 0 Å². The van der Waals surface area contributed by atoms with Gasteiger partial charge in [-0.05, 0) is 50.8 Å². The molecule has 1 aliphatic heterocycles. The lowest BCUT2D eigenvalue weighted by Crippen LogP contribution is -2.44. The topological polar surface area (TPSA) is 6.48 Å². The minimum atomic E-state index is 0.536. The van der Waals surface area contributed by atoms with E-state index >= 15 is 0 Å². The van der Waals surface area contributed by atoms with Crippen LogP contribution in [-0.4, -0.2) is 54.8 Å². The molecule has 0 radical (unpaired) electrons. The number of benzene rings is 1. The number of hydrogen-bond donors (Lipinski definition) is 1. The molecule has 1 aromatic carbocycles. The molecule has 0 bridgehead atoms. The van der Waals surface area contributed by atoms with E-state index in [-0.39, 0.29) is 0 Å². The summed E-state index contributed by atoms with van der Waals surface area (Å²) in [6.45, 7) is 7.07. The Hall–Kier alpha value is -0.510. The van der Waals surface area contributed by atoms with Gasteiger partial charge in [-0.15, -0.1) is 0 Å². The van der Waals surface area contributed by atoms with E-state index in [0.29, 0.717) is 5.92 Å². The molecule has 1 heterocycles.